The van der Waals surface area contributed by atoms with Gasteiger partial charge in [-0.3, -0.25) is 10.1 Å². The second-order valence-corrected chi connectivity index (χ2v) is 10.4. The predicted molar refractivity (Wildman–Crippen MR) is 102 cm³/mol. The maximum Gasteiger partial charge on any atom is 0.416 e. The molecule has 1 aliphatic heterocycles. The van der Waals surface area contributed by atoms with Gasteiger partial charge in [0.25, 0.3) is 5.69 Å². The van der Waals surface area contributed by atoms with Crippen molar-refractivity contribution in [3.8, 4) is 0 Å². The minimum absolute atomic E-state index is 0.313. The summed E-state index contributed by atoms with van der Waals surface area (Å²) in [7, 11) is -8.57. The third kappa shape index (κ3) is 4.56. The van der Waals surface area contributed by atoms with E-state index in [1.54, 1.807) is 0 Å². The molecule has 3 rings (SSSR count). The molecule has 0 N–H and O–H groups in total. The van der Waals surface area contributed by atoms with Crippen LogP contribution in [0.5, 0.6) is 0 Å². The van der Waals surface area contributed by atoms with Crippen molar-refractivity contribution in [3.05, 3.63) is 64.2 Å². The third-order valence-corrected chi connectivity index (χ3v) is 8.52. The Labute approximate surface area is 175 Å². The van der Waals surface area contributed by atoms with Gasteiger partial charge in [-0.05, 0) is 24.3 Å². The Balaban J connectivity index is 1.82. The lowest BCUT2D eigenvalue weighted by molar-refractivity contribution is -0.387. The molecule has 1 fully saturated rings. The average molecular weight is 479 g/mol. The lowest BCUT2D eigenvalue weighted by atomic mass is 10.2. The number of nitro groups is 1. The lowest BCUT2D eigenvalue weighted by Gasteiger charge is -2.33. The van der Waals surface area contributed by atoms with Gasteiger partial charge in [0.05, 0.1) is 15.4 Å². The molecule has 0 aromatic heterocycles. The van der Waals surface area contributed by atoms with Crippen molar-refractivity contribution < 1.29 is 34.9 Å². The van der Waals surface area contributed by atoms with E-state index in [1.165, 1.54) is 12.1 Å². The van der Waals surface area contributed by atoms with Crippen LogP contribution in [0.15, 0.2) is 58.3 Å². The second-order valence-electron chi connectivity index (χ2n) is 6.56. The Morgan fingerprint density at radius 2 is 1.39 bits per heavy atom. The van der Waals surface area contributed by atoms with Crippen molar-refractivity contribution in [3.63, 3.8) is 0 Å². The van der Waals surface area contributed by atoms with Crippen LogP contribution in [0.1, 0.15) is 5.56 Å². The van der Waals surface area contributed by atoms with Crippen LogP contribution in [0.4, 0.5) is 18.9 Å². The van der Waals surface area contributed by atoms with E-state index in [0.717, 1.165) is 38.9 Å². The molecule has 14 heteroatoms. The molecule has 0 saturated carbocycles. The molecule has 0 atom stereocenters. The number of rotatable bonds is 5. The molecule has 31 heavy (non-hydrogen) atoms. The molecule has 2 aromatic carbocycles. The van der Waals surface area contributed by atoms with E-state index in [9.17, 15) is 40.1 Å². The molecule has 1 aliphatic rings. The molecule has 168 valence electrons. The molecule has 2 aromatic rings. The zero-order valence-electron chi connectivity index (χ0n) is 15.7. The van der Waals surface area contributed by atoms with Gasteiger partial charge in [0, 0.05) is 32.2 Å². The first-order valence-corrected chi connectivity index (χ1v) is 11.6. The summed E-state index contributed by atoms with van der Waals surface area (Å²) in [6.45, 7) is -1.27. The second kappa shape index (κ2) is 8.18. The van der Waals surface area contributed by atoms with Crippen molar-refractivity contribution in [1.82, 2.24) is 8.61 Å². The molecular weight excluding hydrogens is 463 g/mol. The van der Waals surface area contributed by atoms with Crippen LogP contribution in [-0.2, 0) is 26.2 Å². The largest absolute Gasteiger partial charge is 0.416 e. The minimum atomic E-state index is -4.72. The predicted octanol–water partition coefficient (Wildman–Crippen LogP) is 2.31. The van der Waals surface area contributed by atoms with E-state index >= 15 is 0 Å². The van der Waals surface area contributed by atoms with Crippen molar-refractivity contribution in [2.45, 2.75) is 16.0 Å². The molecule has 0 bridgehead atoms. The van der Waals surface area contributed by atoms with Gasteiger partial charge in [-0.1, -0.05) is 18.2 Å². The molecule has 9 nitrogen and oxygen atoms in total. The zero-order chi connectivity index (χ0) is 23.0. The van der Waals surface area contributed by atoms with Gasteiger partial charge >= 0.3 is 6.18 Å². The Morgan fingerprint density at radius 3 is 1.94 bits per heavy atom. The highest BCUT2D eigenvalue weighted by atomic mass is 32.2. The molecule has 0 amide bonds. The van der Waals surface area contributed by atoms with Crippen LogP contribution in [0.25, 0.3) is 0 Å². The molecule has 0 spiro atoms. The standard InChI is InChI=1S/C17H16F3N3O6S2/c18-17(19,20)13-4-3-5-14(12-13)30(26,27)21-8-10-22(11-9-21)31(28,29)16-7-2-1-6-15(16)23(24)25/h1-7,12H,8-11H2. The fourth-order valence-electron chi connectivity index (χ4n) is 3.10. The van der Waals surface area contributed by atoms with Crippen molar-refractivity contribution in [2.24, 2.45) is 0 Å². The normalized spacial score (nSPS) is 16.9. The fraction of sp³-hybridized carbons (Fsp3) is 0.294. The molecular formula is C17H16F3N3O6S2. The number of nitrogens with zero attached hydrogens (tertiary/aromatic N) is 3. The summed E-state index contributed by atoms with van der Waals surface area (Å²) < 4.78 is 91.6. The SMILES string of the molecule is O=[N+]([O-])c1ccccc1S(=O)(=O)N1CCN(S(=O)(=O)c2cccc(C(F)(F)F)c2)CC1. The summed E-state index contributed by atoms with van der Waals surface area (Å²) in [4.78, 5) is 9.24. The lowest BCUT2D eigenvalue weighted by Crippen LogP contribution is -2.50. The van der Waals surface area contributed by atoms with Gasteiger partial charge < -0.3 is 0 Å². The maximum absolute atomic E-state index is 12.9. The van der Waals surface area contributed by atoms with Crippen LogP contribution in [0.3, 0.4) is 0 Å². The topological polar surface area (TPSA) is 118 Å². The Bertz CT molecular complexity index is 1210. The minimum Gasteiger partial charge on any atom is -0.258 e. The Morgan fingerprint density at radius 1 is 0.839 bits per heavy atom. The first kappa shape index (κ1) is 23.1. The summed E-state index contributed by atoms with van der Waals surface area (Å²) in [5, 5.41) is 11.1. The van der Waals surface area contributed by atoms with Crippen LogP contribution in [0.2, 0.25) is 0 Å². The highest BCUT2D eigenvalue weighted by molar-refractivity contribution is 7.89. The number of hydrogen-bond donors (Lipinski definition) is 0. The Hall–Kier alpha value is -2.55. The summed E-state index contributed by atoms with van der Waals surface area (Å²) in [6.07, 6.45) is -4.72. The molecule has 1 heterocycles. The summed E-state index contributed by atoms with van der Waals surface area (Å²) in [5.41, 5.74) is -1.73. The summed E-state index contributed by atoms with van der Waals surface area (Å²) in [5.74, 6) is 0. The number of piperazine rings is 1. The summed E-state index contributed by atoms with van der Waals surface area (Å²) in [6, 6.07) is 8.04. The first-order valence-electron chi connectivity index (χ1n) is 8.76. The van der Waals surface area contributed by atoms with E-state index in [2.05, 4.69) is 0 Å². The molecule has 0 aliphatic carbocycles. The monoisotopic (exact) mass is 479 g/mol. The van der Waals surface area contributed by atoms with Crippen molar-refractivity contribution in [1.29, 1.82) is 0 Å². The highest BCUT2D eigenvalue weighted by Gasteiger charge is 2.37. The number of sulfonamides is 2. The molecule has 0 unspecified atom stereocenters. The van der Waals surface area contributed by atoms with Crippen molar-refractivity contribution >= 4 is 25.7 Å². The van der Waals surface area contributed by atoms with E-state index in [0.29, 0.717) is 6.07 Å². The van der Waals surface area contributed by atoms with Crippen LogP contribution in [0, 0.1) is 10.1 Å². The number of para-hydroxylation sites is 1. The Kier molecular flexibility index (Phi) is 6.10. The fourth-order valence-corrected chi connectivity index (χ4v) is 6.15. The third-order valence-electron chi connectivity index (χ3n) is 4.68. The van der Waals surface area contributed by atoms with Crippen LogP contribution < -0.4 is 0 Å². The van der Waals surface area contributed by atoms with E-state index in [1.807, 2.05) is 0 Å². The summed E-state index contributed by atoms with van der Waals surface area (Å²) >= 11 is 0. The zero-order valence-corrected chi connectivity index (χ0v) is 17.3. The average Bonchev–Trinajstić information content (AvgIpc) is 2.73. The quantitative estimate of drug-likeness (QED) is 0.480. The van der Waals surface area contributed by atoms with E-state index in [-0.39, 0.29) is 26.2 Å². The van der Waals surface area contributed by atoms with Gasteiger partial charge in [-0.15, -0.1) is 0 Å². The molecule has 0 radical (unpaired) electrons. The number of benzene rings is 2. The number of alkyl halides is 3. The van der Waals surface area contributed by atoms with Gasteiger partial charge in [-0.2, -0.15) is 21.8 Å². The molecule has 1 saturated heterocycles. The van der Waals surface area contributed by atoms with Crippen molar-refractivity contribution in [2.75, 3.05) is 26.2 Å². The van der Waals surface area contributed by atoms with Crippen LogP contribution >= 0.6 is 0 Å². The van der Waals surface area contributed by atoms with Gasteiger partial charge in [0.2, 0.25) is 20.0 Å². The smallest absolute Gasteiger partial charge is 0.258 e. The maximum atomic E-state index is 12.9. The number of halogens is 3. The number of hydrogen-bond acceptors (Lipinski definition) is 6. The van der Waals surface area contributed by atoms with E-state index in [4.69, 9.17) is 0 Å². The highest BCUT2D eigenvalue weighted by Crippen LogP contribution is 2.32. The number of nitro benzene ring substituents is 1. The van der Waals surface area contributed by atoms with Crippen LogP contribution in [-0.4, -0.2) is 56.5 Å². The van der Waals surface area contributed by atoms with Gasteiger partial charge in [0.1, 0.15) is 0 Å². The van der Waals surface area contributed by atoms with Gasteiger partial charge in [0.15, 0.2) is 4.90 Å². The van der Waals surface area contributed by atoms with Gasteiger partial charge in [-0.25, -0.2) is 16.8 Å². The van der Waals surface area contributed by atoms with E-state index < -0.39 is 52.2 Å². The first-order chi connectivity index (χ1) is 14.3.